The number of carbonyl (C=O) groups is 3. The molecule has 0 spiro atoms. The molecule has 1 heterocycles. The molecular formula is C25H25N3O4. The zero-order valence-electron chi connectivity index (χ0n) is 18.1. The first-order valence-electron chi connectivity index (χ1n) is 10.4. The van der Waals surface area contributed by atoms with Crippen LogP contribution in [0.3, 0.4) is 0 Å². The van der Waals surface area contributed by atoms with Crippen molar-refractivity contribution in [3.05, 3.63) is 77.9 Å². The Kier molecular flexibility index (Phi) is 5.81. The highest BCUT2D eigenvalue weighted by Gasteiger charge is 2.49. The molecule has 32 heavy (non-hydrogen) atoms. The molecule has 3 aromatic carbocycles. The molecule has 1 atom stereocenters. The van der Waals surface area contributed by atoms with Crippen LogP contribution in [0.4, 0.5) is 4.79 Å². The standard InChI is InChI=1S/C25H25N3O4/c1-25(20-10-8-19-15-21(32-2)11-9-18(19)14-20)23(30)28(24(31)27-25)16-22(29)26-13-12-17-6-4-3-5-7-17/h3-11,14-15H,12-13,16H2,1-2H3,(H,26,29)(H,27,31)/t25-/m0/s1. The summed E-state index contributed by atoms with van der Waals surface area (Å²) in [6.07, 6.45) is 0.673. The van der Waals surface area contributed by atoms with E-state index in [2.05, 4.69) is 10.6 Å². The van der Waals surface area contributed by atoms with Crippen LogP contribution in [0.15, 0.2) is 66.7 Å². The molecule has 4 amide bonds. The van der Waals surface area contributed by atoms with Crippen molar-refractivity contribution in [2.24, 2.45) is 0 Å². The minimum atomic E-state index is -1.24. The largest absolute Gasteiger partial charge is 0.497 e. The zero-order chi connectivity index (χ0) is 22.7. The SMILES string of the molecule is COc1ccc2cc([C@]3(C)NC(=O)N(CC(=O)NCCc4ccccc4)C3=O)ccc2c1. The Morgan fingerprint density at radius 2 is 1.75 bits per heavy atom. The number of rotatable bonds is 7. The zero-order valence-corrected chi connectivity index (χ0v) is 18.1. The Hall–Kier alpha value is -3.87. The normalized spacial score (nSPS) is 18.0. The maximum absolute atomic E-state index is 13.1. The summed E-state index contributed by atoms with van der Waals surface area (Å²) in [5, 5.41) is 7.41. The van der Waals surface area contributed by atoms with Crippen LogP contribution < -0.4 is 15.4 Å². The number of benzene rings is 3. The molecule has 2 N–H and O–H groups in total. The first-order chi connectivity index (χ1) is 15.4. The predicted octanol–water partition coefficient (Wildman–Crippen LogP) is 2.97. The topological polar surface area (TPSA) is 87.7 Å². The molecule has 164 valence electrons. The van der Waals surface area contributed by atoms with E-state index in [9.17, 15) is 14.4 Å². The number of ether oxygens (including phenoxy) is 1. The molecule has 7 nitrogen and oxygen atoms in total. The third kappa shape index (κ3) is 4.14. The van der Waals surface area contributed by atoms with E-state index in [1.165, 1.54) is 0 Å². The molecule has 1 aliphatic rings. The van der Waals surface area contributed by atoms with Crippen molar-refractivity contribution in [2.75, 3.05) is 20.2 Å². The second-order valence-corrected chi connectivity index (χ2v) is 7.96. The summed E-state index contributed by atoms with van der Waals surface area (Å²) in [6, 6.07) is 20.4. The minimum absolute atomic E-state index is 0.320. The lowest BCUT2D eigenvalue weighted by atomic mass is 9.90. The number of carbonyl (C=O) groups excluding carboxylic acids is 3. The predicted molar refractivity (Wildman–Crippen MR) is 121 cm³/mol. The van der Waals surface area contributed by atoms with Crippen molar-refractivity contribution in [1.82, 2.24) is 15.5 Å². The van der Waals surface area contributed by atoms with Crippen molar-refractivity contribution in [1.29, 1.82) is 0 Å². The van der Waals surface area contributed by atoms with Crippen LogP contribution >= 0.6 is 0 Å². The van der Waals surface area contributed by atoms with Crippen LogP contribution in [-0.4, -0.2) is 42.9 Å². The summed E-state index contributed by atoms with van der Waals surface area (Å²) in [4.78, 5) is 39.0. The second-order valence-electron chi connectivity index (χ2n) is 7.96. The van der Waals surface area contributed by atoms with Gasteiger partial charge in [-0.2, -0.15) is 0 Å². The third-order valence-corrected chi connectivity index (χ3v) is 5.78. The lowest BCUT2D eigenvalue weighted by Crippen LogP contribution is -2.43. The van der Waals surface area contributed by atoms with E-state index >= 15 is 0 Å². The van der Waals surface area contributed by atoms with Gasteiger partial charge in [0.25, 0.3) is 5.91 Å². The second kappa shape index (κ2) is 8.70. The molecule has 7 heteroatoms. The molecule has 1 saturated heterocycles. The van der Waals surface area contributed by atoms with Crippen LogP contribution in [0, 0.1) is 0 Å². The highest BCUT2D eigenvalue weighted by Crippen LogP contribution is 2.31. The molecule has 1 aliphatic heterocycles. The summed E-state index contributed by atoms with van der Waals surface area (Å²) in [5.41, 5.74) is 0.514. The van der Waals surface area contributed by atoms with Gasteiger partial charge in [0.2, 0.25) is 5.91 Å². The van der Waals surface area contributed by atoms with Crippen molar-refractivity contribution in [2.45, 2.75) is 18.9 Å². The molecule has 1 fully saturated rings. The highest BCUT2D eigenvalue weighted by atomic mass is 16.5. The Morgan fingerprint density at radius 3 is 2.50 bits per heavy atom. The van der Waals surface area contributed by atoms with Gasteiger partial charge in [0.1, 0.15) is 17.8 Å². The van der Waals surface area contributed by atoms with E-state index in [0.29, 0.717) is 18.5 Å². The molecule has 0 unspecified atom stereocenters. The van der Waals surface area contributed by atoms with Gasteiger partial charge in [-0.05, 0) is 53.4 Å². The maximum Gasteiger partial charge on any atom is 0.325 e. The number of urea groups is 1. The van der Waals surface area contributed by atoms with Crippen molar-refractivity contribution >= 4 is 28.6 Å². The molecule has 0 bridgehead atoms. The van der Waals surface area contributed by atoms with Gasteiger partial charge in [-0.1, -0.05) is 48.5 Å². The number of hydrogen-bond donors (Lipinski definition) is 2. The van der Waals surface area contributed by atoms with Crippen LogP contribution in [-0.2, 0) is 21.5 Å². The number of methoxy groups -OCH3 is 1. The van der Waals surface area contributed by atoms with Gasteiger partial charge in [0.15, 0.2) is 0 Å². The maximum atomic E-state index is 13.1. The van der Waals surface area contributed by atoms with Crippen LogP contribution in [0.1, 0.15) is 18.1 Å². The lowest BCUT2D eigenvalue weighted by Gasteiger charge is -2.22. The number of nitrogens with one attached hydrogen (secondary N) is 2. The average Bonchev–Trinajstić information content (AvgIpc) is 3.02. The lowest BCUT2D eigenvalue weighted by molar-refractivity contribution is -0.134. The van der Waals surface area contributed by atoms with Gasteiger partial charge < -0.3 is 15.4 Å². The van der Waals surface area contributed by atoms with Crippen LogP contribution in [0.25, 0.3) is 10.8 Å². The molecule has 3 aromatic rings. The van der Waals surface area contributed by atoms with Gasteiger partial charge >= 0.3 is 6.03 Å². The summed E-state index contributed by atoms with van der Waals surface area (Å²) in [5.74, 6) is -0.0842. The Labute approximate surface area is 186 Å². The van der Waals surface area contributed by atoms with E-state index in [1.807, 2.05) is 66.7 Å². The number of amides is 4. The van der Waals surface area contributed by atoms with Crippen LogP contribution in [0.5, 0.6) is 5.75 Å². The highest BCUT2D eigenvalue weighted by molar-refractivity contribution is 6.09. The quantitative estimate of drug-likeness (QED) is 0.563. The smallest absolute Gasteiger partial charge is 0.325 e. The summed E-state index contributed by atoms with van der Waals surface area (Å²) in [7, 11) is 1.61. The Morgan fingerprint density at radius 1 is 1.03 bits per heavy atom. The fourth-order valence-corrected chi connectivity index (χ4v) is 3.89. The fourth-order valence-electron chi connectivity index (χ4n) is 3.89. The first-order valence-corrected chi connectivity index (χ1v) is 10.4. The number of nitrogens with zero attached hydrogens (tertiary/aromatic N) is 1. The summed E-state index contributed by atoms with van der Waals surface area (Å²) < 4.78 is 5.25. The fraction of sp³-hybridized carbons (Fsp3) is 0.240. The van der Waals surface area contributed by atoms with E-state index in [1.54, 1.807) is 14.0 Å². The van der Waals surface area contributed by atoms with Crippen molar-refractivity contribution in [3.8, 4) is 5.75 Å². The van der Waals surface area contributed by atoms with E-state index in [0.717, 1.165) is 27.0 Å². The van der Waals surface area contributed by atoms with Crippen molar-refractivity contribution < 1.29 is 19.1 Å². The summed E-state index contributed by atoms with van der Waals surface area (Å²) in [6.45, 7) is 1.77. The third-order valence-electron chi connectivity index (χ3n) is 5.78. The first kappa shape index (κ1) is 21.4. The molecular weight excluding hydrogens is 406 g/mol. The number of fused-ring (bicyclic) bond motifs is 1. The van der Waals surface area contributed by atoms with Crippen molar-refractivity contribution in [3.63, 3.8) is 0 Å². The Balaban J connectivity index is 1.44. The minimum Gasteiger partial charge on any atom is -0.497 e. The molecule has 0 saturated carbocycles. The van der Waals surface area contributed by atoms with E-state index in [4.69, 9.17) is 4.74 Å². The van der Waals surface area contributed by atoms with Gasteiger partial charge in [-0.3, -0.25) is 14.5 Å². The monoisotopic (exact) mass is 431 g/mol. The molecule has 0 aromatic heterocycles. The van der Waals surface area contributed by atoms with Gasteiger partial charge in [0, 0.05) is 6.54 Å². The van der Waals surface area contributed by atoms with Gasteiger partial charge in [-0.25, -0.2) is 4.79 Å². The average molecular weight is 431 g/mol. The molecule has 4 rings (SSSR count). The van der Waals surface area contributed by atoms with E-state index in [-0.39, 0.29) is 12.5 Å². The van der Waals surface area contributed by atoms with Gasteiger partial charge in [-0.15, -0.1) is 0 Å². The van der Waals surface area contributed by atoms with Crippen LogP contribution in [0.2, 0.25) is 0 Å². The van der Waals surface area contributed by atoms with E-state index < -0.39 is 17.5 Å². The Bertz CT molecular complexity index is 1180. The molecule has 0 aliphatic carbocycles. The molecule has 0 radical (unpaired) electrons. The van der Waals surface area contributed by atoms with Gasteiger partial charge in [0.05, 0.1) is 7.11 Å². The number of imide groups is 1. The number of hydrogen-bond acceptors (Lipinski definition) is 4. The summed E-state index contributed by atoms with van der Waals surface area (Å²) >= 11 is 0.